The quantitative estimate of drug-likeness (QED) is 0.858. The van der Waals surface area contributed by atoms with Crippen LogP contribution < -0.4 is 10.6 Å². The molecule has 0 spiro atoms. The van der Waals surface area contributed by atoms with Crippen LogP contribution in [0.5, 0.6) is 0 Å². The first-order valence-electron chi connectivity index (χ1n) is 8.16. The largest absolute Gasteiger partial charge is 0.341 e. The molecule has 6 heteroatoms. The molecule has 0 saturated carbocycles. The van der Waals surface area contributed by atoms with Crippen LogP contribution in [0.1, 0.15) is 11.1 Å². The molecule has 0 bridgehead atoms. The van der Waals surface area contributed by atoms with Gasteiger partial charge in [0, 0.05) is 0 Å². The van der Waals surface area contributed by atoms with Gasteiger partial charge < -0.3 is 10.6 Å². The predicted molar refractivity (Wildman–Crippen MR) is 90.7 cm³/mol. The monoisotopic (exact) mass is 342 g/mol. The number of nitrogens with one attached hydrogen (secondary N) is 2. The van der Waals surface area contributed by atoms with Gasteiger partial charge in [-0.15, -0.1) is 0 Å². The molecule has 4 rings (SSSR count). The minimum Gasteiger partial charge on any atom is -0.341 e. The number of nitrogens with zero attached hydrogens (tertiary/aromatic N) is 2. The first kappa shape index (κ1) is 15.9. The summed E-state index contributed by atoms with van der Waals surface area (Å²) in [5.74, 6) is -3.32. The molecule has 0 aliphatic carbocycles. The Morgan fingerprint density at radius 2 is 1.04 bits per heavy atom. The van der Waals surface area contributed by atoms with Gasteiger partial charge in [-0.2, -0.15) is 10.5 Å². The predicted octanol–water partition coefficient (Wildman–Crippen LogP) is 1.32. The normalized spacial score (nSPS) is 32.1. The lowest BCUT2D eigenvalue weighted by atomic mass is 9.63. The van der Waals surface area contributed by atoms with E-state index in [2.05, 4.69) is 10.6 Å². The van der Waals surface area contributed by atoms with E-state index in [4.69, 9.17) is 0 Å². The van der Waals surface area contributed by atoms with Crippen molar-refractivity contribution in [2.75, 3.05) is 0 Å². The third-order valence-corrected chi connectivity index (χ3v) is 5.37. The second kappa shape index (κ2) is 5.44. The Bertz CT molecular complexity index is 895. The summed E-state index contributed by atoms with van der Waals surface area (Å²) in [7, 11) is 0. The van der Waals surface area contributed by atoms with Crippen molar-refractivity contribution < 1.29 is 9.59 Å². The maximum Gasteiger partial charge on any atom is 0.241 e. The molecule has 2 aliphatic rings. The van der Waals surface area contributed by atoms with Crippen molar-refractivity contribution in [2.45, 2.75) is 11.1 Å². The summed E-state index contributed by atoms with van der Waals surface area (Å²) < 4.78 is 0. The third kappa shape index (κ3) is 1.68. The average molecular weight is 342 g/mol. The van der Waals surface area contributed by atoms with E-state index in [0.29, 0.717) is 11.1 Å². The summed E-state index contributed by atoms with van der Waals surface area (Å²) in [6.07, 6.45) is 0. The van der Waals surface area contributed by atoms with Crippen molar-refractivity contribution in [1.29, 1.82) is 10.5 Å². The van der Waals surface area contributed by atoms with E-state index in [-0.39, 0.29) is 0 Å². The Balaban J connectivity index is 2.12. The van der Waals surface area contributed by atoms with E-state index >= 15 is 0 Å². The van der Waals surface area contributed by atoms with Crippen LogP contribution in [0, 0.1) is 34.5 Å². The lowest BCUT2D eigenvalue weighted by Gasteiger charge is -2.41. The van der Waals surface area contributed by atoms with Crippen molar-refractivity contribution in [3.63, 3.8) is 0 Å². The van der Waals surface area contributed by atoms with Crippen molar-refractivity contribution in [1.82, 2.24) is 10.6 Å². The Hall–Kier alpha value is -3.64. The van der Waals surface area contributed by atoms with Crippen LogP contribution in [0.15, 0.2) is 60.7 Å². The molecule has 4 unspecified atom stereocenters. The van der Waals surface area contributed by atoms with E-state index in [9.17, 15) is 20.1 Å². The van der Waals surface area contributed by atoms with E-state index in [1.807, 2.05) is 24.3 Å². The van der Waals surface area contributed by atoms with E-state index < -0.39 is 34.7 Å². The lowest BCUT2D eigenvalue weighted by Crippen LogP contribution is -2.57. The molecule has 126 valence electrons. The second-order valence-electron chi connectivity index (χ2n) is 6.45. The summed E-state index contributed by atoms with van der Waals surface area (Å²) in [6, 6.07) is 21.9. The van der Waals surface area contributed by atoms with Gasteiger partial charge in [0.05, 0.1) is 12.1 Å². The lowest BCUT2D eigenvalue weighted by molar-refractivity contribution is -0.125. The van der Waals surface area contributed by atoms with Crippen molar-refractivity contribution in [3.8, 4) is 12.1 Å². The first-order valence-corrected chi connectivity index (χ1v) is 8.16. The molecule has 2 heterocycles. The Labute approximate surface area is 150 Å². The number of carbonyl (C=O) groups is 2. The molecule has 6 nitrogen and oxygen atoms in total. The van der Waals surface area contributed by atoms with E-state index in [1.54, 1.807) is 48.5 Å². The van der Waals surface area contributed by atoms with Crippen molar-refractivity contribution >= 4 is 11.8 Å². The number of hydrogen-bond donors (Lipinski definition) is 2. The topological polar surface area (TPSA) is 106 Å². The number of rotatable bonds is 2. The number of amides is 2. The second-order valence-corrected chi connectivity index (χ2v) is 6.45. The Kier molecular flexibility index (Phi) is 3.32. The fourth-order valence-corrected chi connectivity index (χ4v) is 4.37. The highest BCUT2D eigenvalue weighted by Gasteiger charge is 2.75. The molecule has 2 amide bonds. The maximum atomic E-state index is 12.7. The van der Waals surface area contributed by atoms with Gasteiger partial charge in [0.1, 0.15) is 11.1 Å². The van der Waals surface area contributed by atoms with Gasteiger partial charge in [0.15, 0.2) is 11.8 Å². The smallest absolute Gasteiger partial charge is 0.241 e. The van der Waals surface area contributed by atoms with Gasteiger partial charge in [0.2, 0.25) is 11.8 Å². The number of nitriles is 2. The number of benzene rings is 2. The molecular weight excluding hydrogens is 328 g/mol. The van der Waals surface area contributed by atoms with Gasteiger partial charge >= 0.3 is 0 Å². The SMILES string of the molecule is N#CC1C(=O)NC2(c3ccccc3)C(C#N)C(=O)NC12c1ccccc1. The van der Waals surface area contributed by atoms with E-state index in [1.165, 1.54) is 0 Å². The molecule has 2 aromatic carbocycles. The highest BCUT2D eigenvalue weighted by atomic mass is 16.2. The highest BCUT2D eigenvalue weighted by Crippen LogP contribution is 2.57. The fraction of sp³-hybridized carbons (Fsp3) is 0.200. The summed E-state index contributed by atoms with van der Waals surface area (Å²) in [5, 5.41) is 25.2. The zero-order valence-electron chi connectivity index (χ0n) is 13.6. The third-order valence-electron chi connectivity index (χ3n) is 5.37. The van der Waals surface area contributed by atoms with E-state index in [0.717, 1.165) is 0 Å². The van der Waals surface area contributed by atoms with Crippen LogP contribution in [0.3, 0.4) is 0 Å². The molecule has 0 aromatic heterocycles. The van der Waals surface area contributed by atoms with Crippen molar-refractivity contribution in [2.24, 2.45) is 11.8 Å². The van der Waals surface area contributed by atoms with Crippen LogP contribution in [0.2, 0.25) is 0 Å². The molecule has 26 heavy (non-hydrogen) atoms. The molecule has 2 aliphatic heterocycles. The summed E-state index contributed by atoms with van der Waals surface area (Å²) in [4.78, 5) is 25.5. The Morgan fingerprint density at radius 1 is 0.692 bits per heavy atom. The zero-order chi connectivity index (χ0) is 18.4. The molecule has 2 fully saturated rings. The zero-order valence-corrected chi connectivity index (χ0v) is 13.6. The number of carbonyl (C=O) groups excluding carboxylic acids is 2. The molecule has 4 atom stereocenters. The fourth-order valence-electron chi connectivity index (χ4n) is 4.37. The van der Waals surface area contributed by atoms with Crippen LogP contribution in [-0.4, -0.2) is 11.8 Å². The van der Waals surface area contributed by atoms with Crippen molar-refractivity contribution in [3.05, 3.63) is 71.8 Å². The van der Waals surface area contributed by atoms with Gasteiger partial charge in [-0.1, -0.05) is 60.7 Å². The van der Waals surface area contributed by atoms with Gasteiger partial charge in [-0.3, -0.25) is 9.59 Å². The first-order chi connectivity index (χ1) is 12.6. The summed E-state index contributed by atoms with van der Waals surface area (Å²) >= 11 is 0. The molecule has 2 aromatic rings. The Morgan fingerprint density at radius 3 is 1.35 bits per heavy atom. The van der Waals surface area contributed by atoms with Crippen LogP contribution in [0.4, 0.5) is 0 Å². The molecule has 2 N–H and O–H groups in total. The molecule has 2 saturated heterocycles. The van der Waals surface area contributed by atoms with Crippen LogP contribution in [-0.2, 0) is 20.7 Å². The maximum absolute atomic E-state index is 12.7. The van der Waals surface area contributed by atoms with Crippen LogP contribution >= 0.6 is 0 Å². The summed E-state index contributed by atoms with van der Waals surface area (Å²) in [6.45, 7) is 0. The standard InChI is InChI=1S/C20H14N4O2/c21-11-15-17(25)24-20(14-9-5-2-6-10-14)16(12-22)18(26)23-19(15,20)13-7-3-1-4-8-13/h1-10,15-16H,(H,23,26)(H,24,25). The minimum atomic E-state index is -1.36. The average Bonchev–Trinajstić information content (AvgIpc) is 3.07. The number of hydrogen-bond acceptors (Lipinski definition) is 4. The van der Waals surface area contributed by atoms with Gasteiger partial charge in [0.25, 0.3) is 0 Å². The minimum absolute atomic E-state index is 0.500. The van der Waals surface area contributed by atoms with Crippen LogP contribution in [0.25, 0.3) is 0 Å². The van der Waals surface area contributed by atoms with Gasteiger partial charge in [-0.05, 0) is 11.1 Å². The highest BCUT2D eigenvalue weighted by molar-refractivity contribution is 5.97. The molecule has 0 radical (unpaired) electrons. The van der Waals surface area contributed by atoms with Gasteiger partial charge in [-0.25, -0.2) is 0 Å². The number of fused-ring (bicyclic) bond motifs is 1. The molecular formula is C20H14N4O2. The summed E-state index contributed by atoms with van der Waals surface area (Å²) in [5.41, 5.74) is -1.50.